The highest BCUT2D eigenvalue weighted by Gasteiger charge is 2.25. The van der Waals surface area contributed by atoms with Gasteiger partial charge in [0.1, 0.15) is 11.5 Å². The van der Waals surface area contributed by atoms with E-state index in [-0.39, 0.29) is 11.8 Å². The molecule has 1 amide bonds. The number of amides is 1. The van der Waals surface area contributed by atoms with E-state index in [0.717, 1.165) is 43.1 Å². The fraction of sp³-hybridized carbons (Fsp3) is 0.333. The Morgan fingerprint density at radius 1 is 1.10 bits per heavy atom. The average Bonchev–Trinajstić information content (AvgIpc) is 2.78. The number of halogens is 1. The number of anilines is 2. The molecule has 1 aliphatic heterocycles. The van der Waals surface area contributed by atoms with Gasteiger partial charge >= 0.3 is 0 Å². The Morgan fingerprint density at radius 2 is 1.87 bits per heavy atom. The number of thiocarbonyl (C=S) groups is 1. The van der Waals surface area contributed by atoms with E-state index < -0.39 is 0 Å². The maximum absolute atomic E-state index is 12.5. The lowest BCUT2D eigenvalue weighted by Crippen LogP contribution is -2.48. The highest BCUT2D eigenvalue weighted by atomic mass is 35.5. The summed E-state index contributed by atoms with van der Waals surface area (Å²) in [6, 6.07) is 13.1. The van der Waals surface area contributed by atoms with Gasteiger partial charge < -0.3 is 19.7 Å². The fourth-order valence-electron chi connectivity index (χ4n) is 3.33. The number of hydrogen-bond acceptors (Lipinski definition) is 5. The third-order valence-corrected chi connectivity index (χ3v) is 5.51. The summed E-state index contributed by atoms with van der Waals surface area (Å²) < 4.78 is 10.5. The Labute approximate surface area is 186 Å². The van der Waals surface area contributed by atoms with Crippen LogP contribution in [0, 0.1) is 5.92 Å². The minimum absolute atomic E-state index is 0.0712. The molecule has 0 radical (unpaired) electrons. The van der Waals surface area contributed by atoms with E-state index in [9.17, 15) is 4.79 Å². The molecule has 0 unspecified atom stereocenters. The van der Waals surface area contributed by atoms with Crippen LogP contribution in [0.1, 0.15) is 12.8 Å². The van der Waals surface area contributed by atoms with Gasteiger partial charge in [0, 0.05) is 42.5 Å². The average molecular weight is 449 g/mol. The first-order valence-corrected chi connectivity index (χ1v) is 10.4. The first kappa shape index (κ1) is 22.0. The summed E-state index contributed by atoms with van der Waals surface area (Å²) in [5.41, 5.74) is 7.28. The van der Waals surface area contributed by atoms with Crippen molar-refractivity contribution >= 4 is 46.2 Å². The van der Waals surface area contributed by atoms with Gasteiger partial charge in [0.25, 0.3) is 0 Å². The number of rotatable bonds is 5. The molecule has 0 aliphatic carbocycles. The molecule has 1 aliphatic rings. The summed E-state index contributed by atoms with van der Waals surface area (Å²) in [5.74, 6) is 1.22. The van der Waals surface area contributed by atoms with Crippen LogP contribution in [0.15, 0.2) is 42.5 Å². The first-order valence-electron chi connectivity index (χ1n) is 9.59. The number of nitrogens with one attached hydrogen (secondary N) is 3. The number of piperidine rings is 1. The summed E-state index contributed by atoms with van der Waals surface area (Å²) in [5, 5.41) is 3.90. The lowest BCUT2D eigenvalue weighted by molar-refractivity contribution is -0.126. The second-order valence-corrected chi connectivity index (χ2v) is 7.70. The predicted octanol–water partition coefficient (Wildman–Crippen LogP) is 3.59. The molecule has 0 aromatic heterocycles. The van der Waals surface area contributed by atoms with Gasteiger partial charge in [0.2, 0.25) is 5.91 Å². The van der Waals surface area contributed by atoms with Crippen LogP contribution in [0.25, 0.3) is 0 Å². The van der Waals surface area contributed by atoms with Gasteiger partial charge in [-0.15, -0.1) is 0 Å². The Morgan fingerprint density at radius 3 is 2.57 bits per heavy atom. The van der Waals surface area contributed by atoms with E-state index in [1.54, 1.807) is 14.2 Å². The minimum Gasteiger partial charge on any atom is -0.497 e. The van der Waals surface area contributed by atoms with Crippen molar-refractivity contribution in [1.29, 1.82) is 0 Å². The van der Waals surface area contributed by atoms with Crippen molar-refractivity contribution in [3.63, 3.8) is 0 Å². The van der Waals surface area contributed by atoms with Crippen molar-refractivity contribution in [2.75, 3.05) is 37.5 Å². The Hall–Kier alpha value is -2.71. The Bertz CT molecular complexity index is 904. The third kappa shape index (κ3) is 5.67. The SMILES string of the molecule is COc1cccc(NC(=S)NNC(=O)C2CCN(c3ccc(Cl)c(OC)c3)CC2)c1. The van der Waals surface area contributed by atoms with Crippen molar-refractivity contribution in [2.24, 2.45) is 5.92 Å². The first-order chi connectivity index (χ1) is 14.5. The lowest BCUT2D eigenvalue weighted by Gasteiger charge is -2.33. The van der Waals surface area contributed by atoms with Crippen LogP contribution in [0.4, 0.5) is 11.4 Å². The van der Waals surface area contributed by atoms with Crippen LogP contribution in [-0.4, -0.2) is 38.3 Å². The number of methoxy groups -OCH3 is 2. The quantitative estimate of drug-likeness (QED) is 0.476. The number of benzene rings is 2. The smallest absolute Gasteiger partial charge is 0.241 e. The zero-order valence-corrected chi connectivity index (χ0v) is 18.5. The van der Waals surface area contributed by atoms with Gasteiger partial charge in [-0.1, -0.05) is 17.7 Å². The maximum atomic E-state index is 12.5. The molecule has 1 fully saturated rings. The molecule has 160 valence electrons. The van der Waals surface area contributed by atoms with Crippen LogP contribution < -0.4 is 30.5 Å². The molecule has 2 aromatic carbocycles. The summed E-state index contributed by atoms with van der Waals surface area (Å²) in [4.78, 5) is 14.7. The van der Waals surface area contributed by atoms with Crippen LogP contribution in [-0.2, 0) is 4.79 Å². The van der Waals surface area contributed by atoms with Crippen LogP contribution in [0.2, 0.25) is 5.02 Å². The molecule has 1 heterocycles. The minimum atomic E-state index is -0.0810. The molecule has 0 spiro atoms. The van der Waals surface area contributed by atoms with E-state index in [2.05, 4.69) is 21.1 Å². The van der Waals surface area contributed by atoms with Crippen molar-refractivity contribution in [2.45, 2.75) is 12.8 Å². The summed E-state index contributed by atoms with van der Waals surface area (Å²) in [6.45, 7) is 1.55. The van der Waals surface area contributed by atoms with Crippen molar-refractivity contribution < 1.29 is 14.3 Å². The van der Waals surface area contributed by atoms with Gasteiger partial charge in [-0.3, -0.25) is 15.6 Å². The molecule has 0 saturated carbocycles. The molecule has 3 N–H and O–H groups in total. The predicted molar refractivity (Wildman–Crippen MR) is 123 cm³/mol. The van der Waals surface area contributed by atoms with Crippen LogP contribution in [0.5, 0.6) is 11.5 Å². The summed E-state index contributed by atoms with van der Waals surface area (Å²) >= 11 is 11.3. The topological polar surface area (TPSA) is 74.9 Å². The zero-order valence-electron chi connectivity index (χ0n) is 16.9. The Kier molecular flexibility index (Phi) is 7.59. The molecule has 2 aromatic rings. The third-order valence-electron chi connectivity index (χ3n) is 4.99. The molecular weight excluding hydrogens is 424 g/mol. The van der Waals surface area contributed by atoms with Crippen molar-refractivity contribution in [3.8, 4) is 11.5 Å². The molecule has 9 heteroatoms. The van der Waals surface area contributed by atoms with E-state index >= 15 is 0 Å². The number of nitrogens with zero attached hydrogens (tertiary/aromatic N) is 1. The van der Waals surface area contributed by atoms with E-state index in [0.29, 0.717) is 15.9 Å². The lowest BCUT2D eigenvalue weighted by atomic mass is 9.96. The molecule has 0 bridgehead atoms. The molecule has 3 rings (SSSR count). The maximum Gasteiger partial charge on any atom is 0.241 e. The van der Waals surface area contributed by atoms with Crippen LogP contribution in [0.3, 0.4) is 0 Å². The van der Waals surface area contributed by atoms with E-state index in [4.69, 9.17) is 33.3 Å². The van der Waals surface area contributed by atoms with E-state index in [1.165, 1.54) is 0 Å². The second-order valence-electron chi connectivity index (χ2n) is 6.88. The molecule has 7 nitrogen and oxygen atoms in total. The standard InChI is InChI=1S/C21H25ClN4O3S/c1-28-17-5-3-4-15(12-17)23-21(30)25-24-20(27)14-8-10-26(11-9-14)16-6-7-18(22)19(13-16)29-2/h3-7,12-14H,8-11H2,1-2H3,(H,24,27)(H2,23,25,30). The number of carbonyl (C=O) groups excluding carboxylic acids is 1. The Balaban J connectivity index is 1.45. The van der Waals surface area contributed by atoms with Gasteiger partial charge in [0.15, 0.2) is 5.11 Å². The number of ether oxygens (including phenoxy) is 2. The zero-order chi connectivity index (χ0) is 21.5. The molecular formula is C21H25ClN4O3S. The normalized spacial score (nSPS) is 14.0. The molecule has 1 saturated heterocycles. The monoisotopic (exact) mass is 448 g/mol. The summed E-state index contributed by atoms with van der Waals surface area (Å²) in [7, 11) is 3.20. The fourth-order valence-corrected chi connectivity index (χ4v) is 3.69. The molecule has 0 atom stereocenters. The number of hydrogen-bond donors (Lipinski definition) is 3. The number of carbonyl (C=O) groups is 1. The highest BCUT2D eigenvalue weighted by molar-refractivity contribution is 7.80. The van der Waals surface area contributed by atoms with Crippen molar-refractivity contribution in [1.82, 2.24) is 10.9 Å². The van der Waals surface area contributed by atoms with Gasteiger partial charge in [-0.25, -0.2) is 0 Å². The van der Waals surface area contributed by atoms with Crippen LogP contribution >= 0.6 is 23.8 Å². The number of hydrazine groups is 1. The van der Waals surface area contributed by atoms with Gasteiger partial charge in [-0.2, -0.15) is 0 Å². The second kappa shape index (κ2) is 10.4. The van der Waals surface area contributed by atoms with E-state index in [1.807, 2.05) is 42.5 Å². The van der Waals surface area contributed by atoms with Gasteiger partial charge in [-0.05, 0) is 49.3 Å². The largest absolute Gasteiger partial charge is 0.497 e. The summed E-state index contributed by atoms with van der Waals surface area (Å²) in [6.07, 6.45) is 1.49. The van der Waals surface area contributed by atoms with Gasteiger partial charge in [0.05, 0.1) is 19.2 Å². The highest BCUT2D eigenvalue weighted by Crippen LogP contribution is 2.31. The van der Waals surface area contributed by atoms with Crippen molar-refractivity contribution in [3.05, 3.63) is 47.5 Å². The molecule has 30 heavy (non-hydrogen) atoms.